The van der Waals surface area contributed by atoms with Crippen LogP contribution in [0.5, 0.6) is 11.5 Å². The van der Waals surface area contributed by atoms with Gasteiger partial charge >= 0.3 is 0 Å². The summed E-state index contributed by atoms with van der Waals surface area (Å²) in [6.07, 6.45) is 3.72. The standard InChI is InChI=1S/C16H19ClN4O2/c17-12-3-5-13(6-4-12)23-14-8-20-16(18)21-15(14)19-7-10-1-2-11(10)9-22/h3-6,8,10-11,22H,1-2,7,9H2,(H3,18,19,20,21). The number of nitrogens with zero attached hydrogens (tertiary/aromatic N) is 2. The normalized spacial score (nSPS) is 19.9. The van der Waals surface area contributed by atoms with Gasteiger partial charge in [-0.15, -0.1) is 0 Å². The molecule has 1 aromatic heterocycles. The van der Waals surface area contributed by atoms with Crippen LogP contribution < -0.4 is 15.8 Å². The molecular formula is C16H19ClN4O2. The van der Waals surface area contributed by atoms with Crippen molar-refractivity contribution in [3.8, 4) is 11.5 Å². The SMILES string of the molecule is Nc1ncc(Oc2ccc(Cl)cc2)c(NCC2CCC2CO)n1. The Kier molecular flexibility index (Phi) is 4.83. The number of hydrogen-bond acceptors (Lipinski definition) is 6. The van der Waals surface area contributed by atoms with E-state index in [0.717, 1.165) is 19.4 Å². The minimum absolute atomic E-state index is 0.184. The maximum Gasteiger partial charge on any atom is 0.222 e. The molecule has 1 heterocycles. The maximum absolute atomic E-state index is 9.26. The van der Waals surface area contributed by atoms with E-state index in [-0.39, 0.29) is 12.6 Å². The number of aromatic nitrogens is 2. The van der Waals surface area contributed by atoms with Crippen molar-refractivity contribution in [1.82, 2.24) is 9.97 Å². The molecule has 2 aromatic rings. The summed E-state index contributed by atoms with van der Waals surface area (Å²) in [6.45, 7) is 0.949. The average Bonchev–Trinajstić information content (AvgIpc) is 2.51. The third kappa shape index (κ3) is 3.83. The number of aliphatic hydroxyl groups is 1. The van der Waals surface area contributed by atoms with Crippen LogP contribution in [0.15, 0.2) is 30.5 Å². The number of anilines is 2. The number of nitrogen functional groups attached to an aromatic ring is 1. The van der Waals surface area contributed by atoms with Crippen molar-refractivity contribution in [2.75, 3.05) is 24.2 Å². The van der Waals surface area contributed by atoms with Crippen molar-refractivity contribution < 1.29 is 9.84 Å². The quantitative estimate of drug-likeness (QED) is 0.752. The Morgan fingerprint density at radius 3 is 2.65 bits per heavy atom. The summed E-state index contributed by atoms with van der Waals surface area (Å²) < 4.78 is 5.81. The van der Waals surface area contributed by atoms with Gasteiger partial charge in [0.25, 0.3) is 0 Å². The minimum Gasteiger partial charge on any atom is -0.452 e. The van der Waals surface area contributed by atoms with Gasteiger partial charge in [-0.3, -0.25) is 0 Å². The molecular weight excluding hydrogens is 316 g/mol. The Bertz CT molecular complexity index is 664. The lowest BCUT2D eigenvalue weighted by Gasteiger charge is -2.35. The van der Waals surface area contributed by atoms with E-state index in [4.69, 9.17) is 22.1 Å². The number of nitrogens with one attached hydrogen (secondary N) is 1. The second-order valence-electron chi connectivity index (χ2n) is 5.66. The van der Waals surface area contributed by atoms with Crippen LogP contribution in [0.25, 0.3) is 0 Å². The van der Waals surface area contributed by atoms with Crippen molar-refractivity contribution in [3.05, 3.63) is 35.5 Å². The summed E-state index contributed by atoms with van der Waals surface area (Å²) in [5.41, 5.74) is 5.67. The molecule has 0 spiro atoms. The van der Waals surface area contributed by atoms with Crippen molar-refractivity contribution in [2.24, 2.45) is 11.8 Å². The predicted molar refractivity (Wildman–Crippen MR) is 89.8 cm³/mol. The second kappa shape index (κ2) is 7.02. The lowest BCUT2D eigenvalue weighted by atomic mass is 9.74. The smallest absolute Gasteiger partial charge is 0.222 e. The van der Waals surface area contributed by atoms with E-state index in [9.17, 15) is 5.11 Å². The molecule has 0 radical (unpaired) electrons. The third-order valence-corrected chi connectivity index (χ3v) is 4.41. The van der Waals surface area contributed by atoms with Gasteiger partial charge in [-0.25, -0.2) is 4.98 Å². The fourth-order valence-electron chi connectivity index (χ4n) is 2.59. The monoisotopic (exact) mass is 334 g/mol. The molecule has 2 unspecified atom stereocenters. The first kappa shape index (κ1) is 15.8. The highest BCUT2D eigenvalue weighted by molar-refractivity contribution is 6.30. The number of halogens is 1. The van der Waals surface area contributed by atoms with Gasteiger partial charge in [0, 0.05) is 18.2 Å². The van der Waals surface area contributed by atoms with Gasteiger partial charge in [0.2, 0.25) is 5.95 Å². The summed E-state index contributed by atoms with van der Waals surface area (Å²) in [5, 5.41) is 13.2. The molecule has 0 saturated heterocycles. The van der Waals surface area contributed by atoms with Crippen molar-refractivity contribution in [2.45, 2.75) is 12.8 Å². The van der Waals surface area contributed by atoms with E-state index in [1.54, 1.807) is 30.5 Å². The Morgan fingerprint density at radius 1 is 1.26 bits per heavy atom. The molecule has 6 nitrogen and oxygen atoms in total. The summed E-state index contributed by atoms with van der Waals surface area (Å²) >= 11 is 5.87. The van der Waals surface area contributed by atoms with E-state index in [0.29, 0.717) is 34.2 Å². The van der Waals surface area contributed by atoms with E-state index in [2.05, 4.69) is 15.3 Å². The Labute approximate surface area is 139 Å². The summed E-state index contributed by atoms with van der Waals surface area (Å²) in [4.78, 5) is 8.19. The number of ether oxygens (including phenoxy) is 1. The first-order valence-electron chi connectivity index (χ1n) is 7.56. The van der Waals surface area contributed by atoms with Gasteiger partial charge in [-0.1, -0.05) is 11.6 Å². The van der Waals surface area contributed by atoms with Crippen LogP contribution in [-0.4, -0.2) is 28.2 Å². The van der Waals surface area contributed by atoms with Crippen LogP contribution in [0.3, 0.4) is 0 Å². The molecule has 1 aliphatic rings. The van der Waals surface area contributed by atoms with Crippen LogP contribution in [0.4, 0.5) is 11.8 Å². The topological polar surface area (TPSA) is 93.3 Å². The third-order valence-electron chi connectivity index (χ3n) is 4.16. The van der Waals surface area contributed by atoms with Crippen LogP contribution >= 0.6 is 11.6 Å². The maximum atomic E-state index is 9.26. The Morgan fingerprint density at radius 2 is 2.00 bits per heavy atom. The van der Waals surface area contributed by atoms with Gasteiger partial charge in [0.05, 0.1) is 6.20 Å². The molecule has 1 fully saturated rings. The number of aliphatic hydroxyl groups excluding tert-OH is 1. The molecule has 23 heavy (non-hydrogen) atoms. The first-order chi connectivity index (χ1) is 11.2. The molecule has 122 valence electrons. The van der Waals surface area contributed by atoms with Gasteiger partial charge in [-0.2, -0.15) is 4.98 Å². The number of benzene rings is 1. The molecule has 3 rings (SSSR count). The van der Waals surface area contributed by atoms with Gasteiger partial charge in [0.15, 0.2) is 11.6 Å². The van der Waals surface area contributed by atoms with Crippen LogP contribution in [0.1, 0.15) is 12.8 Å². The molecule has 1 aliphatic carbocycles. The molecule has 1 saturated carbocycles. The predicted octanol–water partition coefficient (Wildman–Crippen LogP) is 2.93. The average molecular weight is 335 g/mol. The fourth-order valence-corrected chi connectivity index (χ4v) is 2.72. The highest BCUT2D eigenvalue weighted by atomic mass is 35.5. The van der Waals surface area contributed by atoms with Gasteiger partial charge in [0.1, 0.15) is 5.75 Å². The zero-order valence-electron chi connectivity index (χ0n) is 12.6. The minimum atomic E-state index is 0.184. The summed E-state index contributed by atoms with van der Waals surface area (Å²) in [5.74, 6) is 2.69. The summed E-state index contributed by atoms with van der Waals surface area (Å²) in [6, 6.07) is 7.05. The lowest BCUT2D eigenvalue weighted by molar-refractivity contribution is 0.0989. The van der Waals surface area contributed by atoms with E-state index >= 15 is 0 Å². The lowest BCUT2D eigenvalue weighted by Crippen LogP contribution is -2.34. The van der Waals surface area contributed by atoms with Crippen molar-refractivity contribution in [3.63, 3.8) is 0 Å². The number of rotatable bonds is 6. The van der Waals surface area contributed by atoms with E-state index in [1.165, 1.54) is 0 Å². The largest absolute Gasteiger partial charge is 0.452 e. The molecule has 0 bridgehead atoms. The fraction of sp³-hybridized carbons (Fsp3) is 0.375. The highest BCUT2D eigenvalue weighted by Crippen LogP contribution is 2.35. The molecule has 1 aromatic carbocycles. The first-order valence-corrected chi connectivity index (χ1v) is 7.94. The van der Waals surface area contributed by atoms with E-state index in [1.807, 2.05) is 0 Å². The molecule has 0 aliphatic heterocycles. The zero-order chi connectivity index (χ0) is 16.2. The molecule has 7 heteroatoms. The number of nitrogens with two attached hydrogens (primary N) is 1. The van der Waals surface area contributed by atoms with Crippen molar-refractivity contribution in [1.29, 1.82) is 0 Å². The zero-order valence-corrected chi connectivity index (χ0v) is 13.3. The van der Waals surface area contributed by atoms with Gasteiger partial charge in [-0.05, 0) is 48.9 Å². The Hall–Kier alpha value is -2.05. The van der Waals surface area contributed by atoms with Crippen LogP contribution in [0.2, 0.25) is 5.02 Å². The molecule has 0 amide bonds. The summed E-state index contributed by atoms with van der Waals surface area (Å²) in [7, 11) is 0. The Balaban J connectivity index is 1.71. The highest BCUT2D eigenvalue weighted by Gasteiger charge is 2.30. The van der Waals surface area contributed by atoms with Gasteiger partial charge < -0.3 is 20.9 Å². The molecule has 4 N–H and O–H groups in total. The molecule has 2 atom stereocenters. The van der Waals surface area contributed by atoms with E-state index < -0.39 is 0 Å². The number of hydrogen-bond donors (Lipinski definition) is 3. The van der Waals surface area contributed by atoms with Crippen LogP contribution in [0, 0.1) is 11.8 Å². The van der Waals surface area contributed by atoms with Crippen molar-refractivity contribution >= 4 is 23.4 Å². The second-order valence-corrected chi connectivity index (χ2v) is 6.09. The van der Waals surface area contributed by atoms with Crippen LogP contribution in [-0.2, 0) is 0 Å².